The van der Waals surface area contributed by atoms with Crippen LogP contribution in [0.4, 0.5) is 5.13 Å². The molecule has 0 radical (unpaired) electrons. The van der Waals surface area contributed by atoms with Gasteiger partial charge in [-0.1, -0.05) is 11.2 Å². The molecule has 12 nitrogen and oxygen atoms in total. The number of hydrogen-bond donors (Lipinski definition) is 3. The molecule has 1 aromatic heterocycles. The Kier molecular flexibility index (Phi) is 8.09. The van der Waals surface area contributed by atoms with Crippen molar-refractivity contribution in [2.45, 2.75) is 37.8 Å². The summed E-state index contributed by atoms with van der Waals surface area (Å²) in [7, 11) is 0. The number of aliphatic carboxylic acids is 1. The Morgan fingerprint density at radius 3 is 2.75 bits per heavy atom. The summed E-state index contributed by atoms with van der Waals surface area (Å²) >= 11 is 2.35. The number of nitrogens with zero attached hydrogens (tertiary/aromatic N) is 3. The lowest BCUT2D eigenvalue weighted by molar-refractivity contribution is -0.156. The number of ether oxygens (including phenoxy) is 1. The van der Waals surface area contributed by atoms with Gasteiger partial charge in [0, 0.05) is 23.8 Å². The summed E-state index contributed by atoms with van der Waals surface area (Å²) in [6, 6.07) is -0.868. The molecule has 2 aliphatic rings. The number of carboxylic acid groups (broad SMARTS) is 1. The van der Waals surface area contributed by atoms with E-state index in [1.54, 1.807) is 20.8 Å². The number of nitrogens with one attached hydrogen (secondary N) is 1. The summed E-state index contributed by atoms with van der Waals surface area (Å²) in [5.41, 5.74) is 3.76. The molecule has 2 unspecified atom stereocenters. The molecule has 36 heavy (non-hydrogen) atoms. The molecular formula is C22H27N5O7S2. The van der Waals surface area contributed by atoms with Crippen LogP contribution in [0.5, 0.6) is 0 Å². The minimum Gasteiger partial charge on any atom is -0.481 e. The first-order chi connectivity index (χ1) is 16.9. The number of nitrogens with two attached hydrogens (primary N) is 1. The number of carbonyl (C=O) groups is 4. The van der Waals surface area contributed by atoms with Crippen LogP contribution in [0.2, 0.25) is 0 Å². The number of thioether (sulfide) groups is 1. The number of thiazole rings is 1. The number of β-lactam (4-membered cyclic amide) rings is 1. The lowest BCUT2D eigenvalue weighted by Gasteiger charge is -2.53. The van der Waals surface area contributed by atoms with Crippen molar-refractivity contribution in [3.63, 3.8) is 0 Å². The van der Waals surface area contributed by atoms with Crippen molar-refractivity contribution in [2.24, 2.45) is 10.6 Å². The second-order valence-electron chi connectivity index (χ2n) is 9.03. The molecule has 2 fully saturated rings. The average molecular weight is 538 g/mol. The summed E-state index contributed by atoms with van der Waals surface area (Å²) in [4.78, 5) is 59.8. The molecule has 4 N–H and O–H groups in total. The fourth-order valence-electron chi connectivity index (χ4n) is 3.37. The standard InChI is InChI=1S/C22H27N5O7S2/c1-5-22(19(31)32)10-27-17(30)15(18(27)36-11-22)25-16(29)14(12-9-35-20(23)24-12)26-33-8-6-7-13(28)34-21(2,3)4/h5-7,9,15,18H,1,8,10-11H2,2-4H3,(H2,23,24)(H,25,29)(H,31,32)/t15?,18-,22?/m1/s1. The maximum absolute atomic E-state index is 13.0. The van der Waals surface area contributed by atoms with Crippen LogP contribution >= 0.6 is 23.1 Å². The zero-order valence-electron chi connectivity index (χ0n) is 19.9. The molecule has 2 saturated heterocycles. The molecule has 0 aromatic carbocycles. The van der Waals surface area contributed by atoms with Gasteiger partial charge in [0.15, 0.2) is 10.8 Å². The predicted molar refractivity (Wildman–Crippen MR) is 134 cm³/mol. The molecule has 3 heterocycles. The Morgan fingerprint density at radius 2 is 2.17 bits per heavy atom. The van der Waals surface area contributed by atoms with Crippen LogP contribution in [-0.4, -0.2) is 80.4 Å². The SMILES string of the molecule is C=CC1(C(=O)O)CS[C@@H]2C(NC(=O)C(=NOCC=CC(=O)OC(C)(C)C)c3csc(N)n3)C(=O)N2C1. The Bertz CT molecular complexity index is 1130. The Balaban J connectivity index is 1.66. The van der Waals surface area contributed by atoms with Gasteiger partial charge >= 0.3 is 11.9 Å². The number of rotatable bonds is 9. The van der Waals surface area contributed by atoms with E-state index in [1.165, 1.54) is 40.3 Å². The topological polar surface area (TPSA) is 174 Å². The number of anilines is 1. The maximum Gasteiger partial charge on any atom is 0.331 e. The highest BCUT2D eigenvalue weighted by atomic mass is 32.2. The van der Waals surface area contributed by atoms with Crippen LogP contribution < -0.4 is 11.1 Å². The van der Waals surface area contributed by atoms with E-state index in [2.05, 4.69) is 22.0 Å². The van der Waals surface area contributed by atoms with Gasteiger partial charge in [-0.3, -0.25) is 14.4 Å². The van der Waals surface area contributed by atoms with Crippen LogP contribution in [0, 0.1) is 5.41 Å². The van der Waals surface area contributed by atoms with Crippen molar-refractivity contribution in [3.05, 3.63) is 35.9 Å². The van der Waals surface area contributed by atoms with E-state index in [0.29, 0.717) is 0 Å². The number of fused-ring (bicyclic) bond motifs is 1. The number of aromatic nitrogens is 1. The van der Waals surface area contributed by atoms with Crippen molar-refractivity contribution in [1.82, 2.24) is 15.2 Å². The van der Waals surface area contributed by atoms with Gasteiger partial charge in [0.2, 0.25) is 5.91 Å². The van der Waals surface area contributed by atoms with E-state index in [0.717, 1.165) is 11.3 Å². The Labute approximate surface area is 215 Å². The highest BCUT2D eigenvalue weighted by Gasteiger charge is 2.56. The minimum absolute atomic E-state index is 0.0225. The summed E-state index contributed by atoms with van der Waals surface area (Å²) in [6.07, 6.45) is 3.90. The average Bonchev–Trinajstić information content (AvgIpc) is 3.23. The quantitative estimate of drug-likeness (QED) is 0.0784. The Hall–Kier alpha value is -3.39. The van der Waals surface area contributed by atoms with Crippen molar-refractivity contribution in [3.8, 4) is 0 Å². The smallest absolute Gasteiger partial charge is 0.331 e. The predicted octanol–water partition coefficient (Wildman–Crippen LogP) is 1.00. The third kappa shape index (κ3) is 6.05. The minimum atomic E-state index is -1.24. The molecule has 0 saturated carbocycles. The lowest BCUT2D eigenvalue weighted by atomic mass is 9.87. The molecule has 2 aliphatic heterocycles. The van der Waals surface area contributed by atoms with Gasteiger partial charge in [-0.2, -0.15) is 0 Å². The van der Waals surface area contributed by atoms with Gasteiger partial charge in [-0.05, 0) is 26.8 Å². The van der Waals surface area contributed by atoms with E-state index in [1.807, 2.05) is 0 Å². The summed E-state index contributed by atoms with van der Waals surface area (Å²) in [6.45, 7) is 8.66. The van der Waals surface area contributed by atoms with E-state index in [4.69, 9.17) is 15.3 Å². The third-order valence-corrected chi connectivity index (χ3v) is 7.40. The molecule has 3 atom stereocenters. The van der Waals surface area contributed by atoms with Crippen molar-refractivity contribution < 1.29 is 33.9 Å². The van der Waals surface area contributed by atoms with Crippen molar-refractivity contribution >= 4 is 57.7 Å². The van der Waals surface area contributed by atoms with Gasteiger partial charge in [-0.25, -0.2) is 9.78 Å². The number of carbonyl (C=O) groups excluding carboxylic acids is 3. The van der Waals surface area contributed by atoms with Gasteiger partial charge in [0.1, 0.15) is 34.7 Å². The monoisotopic (exact) mass is 537 g/mol. The van der Waals surface area contributed by atoms with Crippen molar-refractivity contribution in [2.75, 3.05) is 24.6 Å². The second kappa shape index (κ2) is 10.7. The first-order valence-corrected chi connectivity index (χ1v) is 12.7. The fraction of sp³-hybridized carbons (Fsp3) is 0.455. The van der Waals surface area contributed by atoms with Crippen molar-refractivity contribution in [1.29, 1.82) is 0 Å². The van der Waals surface area contributed by atoms with E-state index >= 15 is 0 Å². The molecule has 0 bridgehead atoms. The fourth-order valence-corrected chi connectivity index (χ4v) is 5.45. The summed E-state index contributed by atoms with van der Waals surface area (Å²) in [5.74, 6) is -2.53. The van der Waals surface area contributed by atoms with E-state index < -0.39 is 46.2 Å². The largest absolute Gasteiger partial charge is 0.481 e. The number of carboxylic acids is 1. The molecular weight excluding hydrogens is 510 g/mol. The van der Waals surface area contributed by atoms with Crippen LogP contribution in [0.25, 0.3) is 0 Å². The lowest BCUT2D eigenvalue weighted by Crippen LogP contribution is -2.73. The third-order valence-electron chi connectivity index (χ3n) is 5.18. The molecule has 14 heteroatoms. The highest BCUT2D eigenvalue weighted by Crippen LogP contribution is 2.42. The van der Waals surface area contributed by atoms with Crippen LogP contribution in [0.1, 0.15) is 26.5 Å². The second-order valence-corrected chi connectivity index (χ2v) is 11.0. The Morgan fingerprint density at radius 1 is 1.44 bits per heavy atom. The van der Waals surface area contributed by atoms with Gasteiger partial charge < -0.3 is 30.6 Å². The molecule has 0 aliphatic carbocycles. The number of hydrogen-bond acceptors (Lipinski definition) is 11. The van der Waals surface area contributed by atoms with Gasteiger partial charge in [0.25, 0.3) is 5.91 Å². The van der Waals surface area contributed by atoms with Crippen LogP contribution in [-0.2, 0) is 28.8 Å². The number of nitrogen functional groups attached to an aromatic ring is 1. The first-order valence-electron chi connectivity index (χ1n) is 10.8. The van der Waals surface area contributed by atoms with Gasteiger partial charge in [0.05, 0.1) is 0 Å². The zero-order chi connectivity index (χ0) is 26.7. The molecule has 2 amide bonds. The molecule has 1 aromatic rings. The highest BCUT2D eigenvalue weighted by molar-refractivity contribution is 8.00. The van der Waals surface area contributed by atoms with E-state index in [9.17, 15) is 24.3 Å². The summed E-state index contributed by atoms with van der Waals surface area (Å²) in [5, 5.41) is 17.3. The van der Waals surface area contributed by atoms with Crippen LogP contribution in [0.15, 0.2) is 35.3 Å². The normalized spacial score (nSPS) is 24.0. The van der Waals surface area contributed by atoms with Crippen LogP contribution in [0.3, 0.4) is 0 Å². The summed E-state index contributed by atoms with van der Waals surface area (Å²) < 4.78 is 5.15. The van der Waals surface area contributed by atoms with Gasteiger partial charge in [-0.15, -0.1) is 29.7 Å². The molecule has 0 spiro atoms. The number of amides is 2. The zero-order valence-corrected chi connectivity index (χ0v) is 21.6. The molecule has 194 valence electrons. The van der Waals surface area contributed by atoms with E-state index in [-0.39, 0.29) is 35.4 Å². The molecule has 3 rings (SSSR count). The number of esters is 1. The first kappa shape index (κ1) is 27.2. The number of oxime groups is 1. The maximum atomic E-state index is 13.0.